The second kappa shape index (κ2) is 7.19. The molecule has 1 amide bonds. The van der Waals surface area contributed by atoms with Crippen LogP contribution in [0, 0.1) is 0 Å². The maximum atomic E-state index is 12.3. The minimum atomic E-state index is -0.505. The number of carbonyl (C=O) groups is 2. The van der Waals surface area contributed by atoms with Crippen molar-refractivity contribution >= 4 is 11.9 Å². The second-order valence-electron chi connectivity index (χ2n) is 5.23. The van der Waals surface area contributed by atoms with Crippen molar-refractivity contribution in [1.29, 1.82) is 0 Å². The van der Waals surface area contributed by atoms with E-state index in [9.17, 15) is 9.59 Å². The summed E-state index contributed by atoms with van der Waals surface area (Å²) in [5, 5.41) is 7.83. The second-order valence-corrected chi connectivity index (χ2v) is 5.23. The van der Waals surface area contributed by atoms with Crippen LogP contribution in [0.5, 0.6) is 0 Å². The molecule has 0 atom stereocenters. The van der Waals surface area contributed by atoms with Gasteiger partial charge >= 0.3 is 5.97 Å². The van der Waals surface area contributed by atoms with Crippen LogP contribution in [0.2, 0.25) is 0 Å². The molecule has 0 aromatic carbocycles. The van der Waals surface area contributed by atoms with Crippen molar-refractivity contribution in [3.05, 3.63) is 11.4 Å². The van der Waals surface area contributed by atoms with Gasteiger partial charge in [-0.3, -0.25) is 4.79 Å². The number of aromatic nitrogens is 3. The van der Waals surface area contributed by atoms with E-state index in [-0.39, 0.29) is 18.1 Å². The van der Waals surface area contributed by atoms with Crippen molar-refractivity contribution in [2.75, 3.05) is 20.2 Å². The third-order valence-electron chi connectivity index (χ3n) is 3.70. The van der Waals surface area contributed by atoms with Crippen molar-refractivity contribution < 1.29 is 14.3 Å². The van der Waals surface area contributed by atoms with Gasteiger partial charge in [0.1, 0.15) is 6.54 Å². The number of likely N-dealkylation sites (tertiary alicyclic amines) is 1. The number of ether oxygens (including phenoxy) is 1. The van der Waals surface area contributed by atoms with E-state index in [2.05, 4.69) is 10.3 Å². The van der Waals surface area contributed by atoms with Crippen LogP contribution >= 0.6 is 0 Å². The van der Waals surface area contributed by atoms with Gasteiger partial charge < -0.3 is 9.64 Å². The summed E-state index contributed by atoms with van der Waals surface area (Å²) in [6.07, 6.45) is 4.78. The Morgan fingerprint density at radius 1 is 1.24 bits per heavy atom. The normalized spacial score (nSPS) is 15.0. The molecule has 1 aromatic heterocycles. The fourth-order valence-electron chi connectivity index (χ4n) is 2.57. The molecule has 1 saturated heterocycles. The molecule has 0 bridgehead atoms. The molecule has 0 spiro atoms. The molecule has 1 fully saturated rings. The number of carbonyl (C=O) groups excluding carboxylic acids is 2. The average Bonchev–Trinajstić information content (AvgIpc) is 2.90. The van der Waals surface area contributed by atoms with Gasteiger partial charge in [-0.1, -0.05) is 18.6 Å². The van der Waals surface area contributed by atoms with Gasteiger partial charge in [0, 0.05) is 13.1 Å². The summed E-state index contributed by atoms with van der Waals surface area (Å²) in [6.45, 7) is 3.76. The van der Waals surface area contributed by atoms with Crippen LogP contribution in [-0.4, -0.2) is 52.0 Å². The summed E-state index contributed by atoms with van der Waals surface area (Å²) in [6, 6.07) is 0. The molecule has 0 aliphatic carbocycles. The first-order valence-corrected chi connectivity index (χ1v) is 7.45. The van der Waals surface area contributed by atoms with E-state index in [1.54, 1.807) is 0 Å². The zero-order valence-corrected chi connectivity index (χ0v) is 12.7. The molecule has 0 unspecified atom stereocenters. The Balaban J connectivity index is 2.13. The van der Waals surface area contributed by atoms with Crippen molar-refractivity contribution in [3.63, 3.8) is 0 Å². The lowest BCUT2D eigenvalue weighted by molar-refractivity contribution is -0.133. The molecule has 1 aliphatic heterocycles. The molecule has 0 radical (unpaired) electrons. The van der Waals surface area contributed by atoms with Gasteiger partial charge in [-0.2, -0.15) is 0 Å². The molecule has 0 saturated carbocycles. The zero-order chi connectivity index (χ0) is 15.2. The van der Waals surface area contributed by atoms with E-state index < -0.39 is 5.97 Å². The summed E-state index contributed by atoms with van der Waals surface area (Å²) in [5.74, 6) is -0.469. The largest absolute Gasteiger partial charge is 0.464 e. The number of amides is 1. The molecule has 7 heteroatoms. The average molecular weight is 294 g/mol. The molecule has 7 nitrogen and oxygen atoms in total. The fourth-order valence-corrected chi connectivity index (χ4v) is 2.57. The maximum absolute atomic E-state index is 12.3. The lowest BCUT2D eigenvalue weighted by atomic mass is 10.1. The third kappa shape index (κ3) is 3.59. The smallest absolute Gasteiger partial charge is 0.360 e. The van der Waals surface area contributed by atoms with Crippen molar-refractivity contribution in [2.45, 2.75) is 45.6 Å². The number of hydrogen-bond donors (Lipinski definition) is 0. The number of methoxy groups -OCH3 is 1. The Morgan fingerprint density at radius 3 is 2.57 bits per heavy atom. The highest BCUT2D eigenvalue weighted by Gasteiger charge is 2.23. The number of hydrogen-bond acceptors (Lipinski definition) is 5. The minimum absolute atomic E-state index is 0.0355. The summed E-state index contributed by atoms with van der Waals surface area (Å²) >= 11 is 0. The Bertz CT molecular complexity index is 506. The highest BCUT2D eigenvalue weighted by molar-refractivity contribution is 5.88. The van der Waals surface area contributed by atoms with Gasteiger partial charge in [0.2, 0.25) is 5.91 Å². The first-order chi connectivity index (χ1) is 10.2. The molecule has 116 valence electrons. The monoisotopic (exact) mass is 294 g/mol. The van der Waals surface area contributed by atoms with E-state index >= 15 is 0 Å². The summed E-state index contributed by atoms with van der Waals surface area (Å²) < 4.78 is 6.24. The topological polar surface area (TPSA) is 77.3 Å². The maximum Gasteiger partial charge on any atom is 0.360 e. The van der Waals surface area contributed by atoms with Crippen LogP contribution in [0.25, 0.3) is 0 Å². The fraction of sp³-hybridized carbons (Fsp3) is 0.714. The van der Waals surface area contributed by atoms with E-state index in [4.69, 9.17) is 4.74 Å². The standard InChI is InChI=1S/C14H22N4O3/c1-3-7-11-13(14(20)21-2)15-16-18(11)10-12(19)17-8-5-4-6-9-17/h3-10H2,1-2H3. The van der Waals surface area contributed by atoms with Crippen molar-refractivity contribution in [2.24, 2.45) is 0 Å². The van der Waals surface area contributed by atoms with E-state index in [0.29, 0.717) is 12.1 Å². The minimum Gasteiger partial charge on any atom is -0.464 e. The Hall–Kier alpha value is -1.92. The number of piperidine rings is 1. The SMILES string of the molecule is CCCc1c(C(=O)OC)nnn1CC(=O)N1CCCCC1. The van der Waals surface area contributed by atoms with Gasteiger partial charge in [0.25, 0.3) is 0 Å². The molecule has 1 aromatic rings. The van der Waals surface area contributed by atoms with Crippen LogP contribution < -0.4 is 0 Å². The van der Waals surface area contributed by atoms with Crippen molar-refractivity contribution in [1.82, 2.24) is 19.9 Å². The van der Waals surface area contributed by atoms with E-state index in [1.807, 2.05) is 11.8 Å². The predicted molar refractivity (Wildman–Crippen MR) is 75.8 cm³/mol. The van der Waals surface area contributed by atoms with Crippen molar-refractivity contribution in [3.8, 4) is 0 Å². The van der Waals surface area contributed by atoms with Gasteiger partial charge in [0.15, 0.2) is 5.69 Å². The first-order valence-electron chi connectivity index (χ1n) is 7.45. The van der Waals surface area contributed by atoms with Gasteiger partial charge in [-0.25, -0.2) is 9.48 Å². The number of esters is 1. The highest BCUT2D eigenvalue weighted by atomic mass is 16.5. The summed E-state index contributed by atoms with van der Waals surface area (Å²) in [4.78, 5) is 25.8. The lowest BCUT2D eigenvalue weighted by Gasteiger charge is -2.26. The van der Waals surface area contributed by atoms with Crippen LogP contribution in [-0.2, 0) is 22.5 Å². The summed E-state index contributed by atoms with van der Waals surface area (Å²) in [7, 11) is 1.32. The lowest BCUT2D eigenvalue weighted by Crippen LogP contribution is -2.38. The quantitative estimate of drug-likeness (QED) is 0.758. The Labute approximate surface area is 124 Å². The molecule has 1 aliphatic rings. The third-order valence-corrected chi connectivity index (χ3v) is 3.70. The molecule has 2 heterocycles. The van der Waals surface area contributed by atoms with Crippen LogP contribution in [0.4, 0.5) is 0 Å². The first kappa shape index (κ1) is 15.5. The van der Waals surface area contributed by atoms with Gasteiger partial charge in [-0.05, 0) is 25.7 Å². The number of nitrogens with zero attached hydrogens (tertiary/aromatic N) is 4. The molecule has 21 heavy (non-hydrogen) atoms. The zero-order valence-electron chi connectivity index (χ0n) is 12.7. The van der Waals surface area contributed by atoms with Crippen LogP contribution in [0.1, 0.15) is 48.8 Å². The molecular weight excluding hydrogens is 272 g/mol. The van der Waals surface area contributed by atoms with Gasteiger partial charge in [0.05, 0.1) is 12.8 Å². The van der Waals surface area contributed by atoms with E-state index in [1.165, 1.54) is 18.2 Å². The predicted octanol–water partition coefficient (Wildman–Crippen LogP) is 1.03. The molecular formula is C14H22N4O3. The van der Waals surface area contributed by atoms with Gasteiger partial charge in [-0.15, -0.1) is 5.10 Å². The van der Waals surface area contributed by atoms with E-state index in [0.717, 1.165) is 32.4 Å². The Morgan fingerprint density at radius 2 is 1.95 bits per heavy atom. The molecule has 0 N–H and O–H groups in total. The Kier molecular flexibility index (Phi) is 5.30. The number of rotatable bonds is 5. The molecule has 2 rings (SSSR count). The van der Waals surface area contributed by atoms with Crippen LogP contribution in [0.3, 0.4) is 0 Å². The van der Waals surface area contributed by atoms with Crippen LogP contribution in [0.15, 0.2) is 0 Å². The highest BCUT2D eigenvalue weighted by Crippen LogP contribution is 2.13. The summed E-state index contributed by atoms with van der Waals surface area (Å²) in [5.41, 5.74) is 0.889.